The SMILES string of the molecule is CC(=O)c1ccc(NC(=O)C[C@@H](C(=O)[O-])[NH+]2CCOCC2)cc1. The van der Waals surface area contributed by atoms with E-state index in [9.17, 15) is 19.5 Å². The number of anilines is 1. The summed E-state index contributed by atoms with van der Waals surface area (Å²) in [5.74, 6) is -1.69. The lowest BCUT2D eigenvalue weighted by atomic mass is 10.1. The molecular formula is C16H20N2O5. The molecule has 0 radical (unpaired) electrons. The Morgan fingerprint density at radius 3 is 2.35 bits per heavy atom. The van der Waals surface area contributed by atoms with E-state index in [2.05, 4.69) is 5.32 Å². The Morgan fingerprint density at radius 1 is 1.22 bits per heavy atom. The molecule has 23 heavy (non-hydrogen) atoms. The number of ether oxygens (including phenoxy) is 1. The second kappa shape index (κ2) is 7.85. The number of quaternary nitrogens is 1. The number of carboxylic acid groups (broad SMARTS) is 1. The second-order valence-electron chi connectivity index (χ2n) is 5.53. The average molecular weight is 320 g/mol. The highest BCUT2D eigenvalue weighted by Gasteiger charge is 2.28. The summed E-state index contributed by atoms with van der Waals surface area (Å²) in [6, 6.07) is 5.56. The van der Waals surface area contributed by atoms with E-state index in [1.165, 1.54) is 6.92 Å². The lowest BCUT2D eigenvalue weighted by Gasteiger charge is -2.31. The molecule has 1 saturated heterocycles. The average Bonchev–Trinajstić information content (AvgIpc) is 2.53. The second-order valence-corrected chi connectivity index (χ2v) is 5.53. The Morgan fingerprint density at radius 2 is 1.83 bits per heavy atom. The number of rotatable bonds is 6. The van der Waals surface area contributed by atoms with Gasteiger partial charge in [0, 0.05) is 11.3 Å². The van der Waals surface area contributed by atoms with E-state index >= 15 is 0 Å². The summed E-state index contributed by atoms with van der Waals surface area (Å²) in [5, 5.41) is 14.0. The van der Waals surface area contributed by atoms with Crippen LogP contribution in [0, 0.1) is 0 Å². The van der Waals surface area contributed by atoms with E-state index in [4.69, 9.17) is 4.74 Å². The number of carbonyl (C=O) groups excluding carboxylic acids is 3. The molecule has 124 valence electrons. The van der Waals surface area contributed by atoms with Crippen LogP contribution in [0.2, 0.25) is 0 Å². The number of carbonyl (C=O) groups is 3. The number of carboxylic acids is 1. The third-order valence-corrected chi connectivity index (χ3v) is 3.88. The lowest BCUT2D eigenvalue weighted by Crippen LogP contribution is -3.19. The number of benzene rings is 1. The molecule has 1 heterocycles. The van der Waals surface area contributed by atoms with Gasteiger partial charge in [-0.1, -0.05) is 0 Å². The normalized spacial score (nSPS) is 16.6. The number of ketones is 1. The number of morpholine rings is 1. The van der Waals surface area contributed by atoms with Gasteiger partial charge in [-0.25, -0.2) is 0 Å². The van der Waals surface area contributed by atoms with Gasteiger partial charge in [0.15, 0.2) is 5.78 Å². The third-order valence-electron chi connectivity index (χ3n) is 3.88. The molecule has 1 aromatic carbocycles. The topological polar surface area (TPSA) is 100.0 Å². The first-order chi connectivity index (χ1) is 11.0. The summed E-state index contributed by atoms with van der Waals surface area (Å²) in [6.07, 6.45) is -0.161. The zero-order chi connectivity index (χ0) is 16.8. The van der Waals surface area contributed by atoms with Crippen LogP contribution in [-0.4, -0.2) is 50.0 Å². The van der Waals surface area contributed by atoms with E-state index < -0.39 is 17.9 Å². The van der Waals surface area contributed by atoms with Crippen molar-refractivity contribution >= 4 is 23.3 Å². The fraction of sp³-hybridized carbons (Fsp3) is 0.438. The van der Waals surface area contributed by atoms with Crippen LogP contribution in [0.25, 0.3) is 0 Å². The molecule has 1 fully saturated rings. The molecule has 1 aliphatic heterocycles. The number of aliphatic carboxylic acids is 1. The molecule has 0 aliphatic carbocycles. The zero-order valence-corrected chi connectivity index (χ0v) is 13.0. The minimum Gasteiger partial charge on any atom is -0.544 e. The minimum absolute atomic E-state index is 0.0594. The highest BCUT2D eigenvalue weighted by Crippen LogP contribution is 2.10. The first-order valence-electron chi connectivity index (χ1n) is 7.51. The molecule has 7 heteroatoms. The summed E-state index contributed by atoms with van der Waals surface area (Å²) in [6.45, 7) is 3.50. The van der Waals surface area contributed by atoms with Crippen molar-refractivity contribution in [2.45, 2.75) is 19.4 Å². The molecule has 0 saturated carbocycles. The smallest absolute Gasteiger partial charge is 0.230 e. The van der Waals surface area contributed by atoms with Crippen molar-refractivity contribution in [1.29, 1.82) is 0 Å². The molecule has 0 bridgehead atoms. The number of Topliss-reactive ketones (excluding diaryl/α,β-unsaturated/α-hetero) is 1. The highest BCUT2D eigenvalue weighted by atomic mass is 16.5. The van der Waals surface area contributed by atoms with E-state index in [0.29, 0.717) is 37.6 Å². The van der Waals surface area contributed by atoms with Crippen molar-refractivity contribution in [3.8, 4) is 0 Å². The highest BCUT2D eigenvalue weighted by molar-refractivity contribution is 5.96. The Balaban J connectivity index is 1.95. The first-order valence-corrected chi connectivity index (χ1v) is 7.51. The Labute approximate surface area is 134 Å². The number of amides is 1. The van der Waals surface area contributed by atoms with Gasteiger partial charge in [-0.3, -0.25) is 9.59 Å². The van der Waals surface area contributed by atoms with Crippen LogP contribution in [0.15, 0.2) is 24.3 Å². The van der Waals surface area contributed by atoms with Gasteiger partial charge in [0.2, 0.25) is 5.91 Å². The van der Waals surface area contributed by atoms with Crippen molar-refractivity contribution in [2.75, 3.05) is 31.6 Å². The van der Waals surface area contributed by atoms with Crippen LogP contribution in [-0.2, 0) is 14.3 Å². The summed E-state index contributed by atoms with van der Waals surface area (Å²) >= 11 is 0. The minimum atomic E-state index is -1.23. The van der Waals surface area contributed by atoms with Crippen LogP contribution >= 0.6 is 0 Å². The lowest BCUT2D eigenvalue weighted by molar-refractivity contribution is -0.925. The fourth-order valence-corrected chi connectivity index (χ4v) is 2.56. The van der Waals surface area contributed by atoms with Crippen molar-refractivity contribution in [3.63, 3.8) is 0 Å². The van der Waals surface area contributed by atoms with Gasteiger partial charge in [-0.15, -0.1) is 0 Å². The largest absolute Gasteiger partial charge is 0.544 e. The Bertz CT molecular complexity index is 579. The van der Waals surface area contributed by atoms with Gasteiger partial charge < -0.3 is 24.9 Å². The van der Waals surface area contributed by atoms with Crippen molar-refractivity contribution < 1.29 is 29.1 Å². The molecule has 0 unspecified atom stereocenters. The van der Waals surface area contributed by atoms with Crippen LogP contribution < -0.4 is 15.3 Å². The van der Waals surface area contributed by atoms with E-state index in [1.54, 1.807) is 24.3 Å². The van der Waals surface area contributed by atoms with Crippen molar-refractivity contribution in [2.24, 2.45) is 0 Å². The van der Waals surface area contributed by atoms with Gasteiger partial charge in [0.1, 0.15) is 19.1 Å². The van der Waals surface area contributed by atoms with Gasteiger partial charge >= 0.3 is 0 Å². The molecule has 2 N–H and O–H groups in total. The quantitative estimate of drug-likeness (QED) is 0.606. The van der Waals surface area contributed by atoms with Crippen LogP contribution in [0.4, 0.5) is 5.69 Å². The molecule has 0 aromatic heterocycles. The number of hydrogen-bond acceptors (Lipinski definition) is 5. The van der Waals surface area contributed by atoms with Crippen LogP contribution in [0.5, 0.6) is 0 Å². The molecule has 2 rings (SSSR count). The molecule has 7 nitrogen and oxygen atoms in total. The van der Waals surface area contributed by atoms with Gasteiger partial charge in [-0.2, -0.15) is 0 Å². The van der Waals surface area contributed by atoms with E-state index in [0.717, 1.165) is 4.90 Å². The van der Waals surface area contributed by atoms with Gasteiger partial charge in [0.25, 0.3) is 0 Å². The molecular weight excluding hydrogens is 300 g/mol. The molecule has 1 aliphatic rings. The van der Waals surface area contributed by atoms with Crippen molar-refractivity contribution in [1.82, 2.24) is 0 Å². The monoisotopic (exact) mass is 320 g/mol. The van der Waals surface area contributed by atoms with E-state index in [1.807, 2.05) is 0 Å². The maximum Gasteiger partial charge on any atom is 0.230 e. The predicted octanol–water partition coefficient (Wildman–Crippen LogP) is -1.75. The molecule has 1 atom stereocenters. The van der Waals surface area contributed by atoms with Crippen LogP contribution in [0.1, 0.15) is 23.7 Å². The maximum absolute atomic E-state index is 12.1. The fourth-order valence-electron chi connectivity index (χ4n) is 2.56. The van der Waals surface area contributed by atoms with Gasteiger partial charge in [0.05, 0.1) is 25.6 Å². The van der Waals surface area contributed by atoms with Crippen LogP contribution in [0.3, 0.4) is 0 Å². The number of nitrogens with one attached hydrogen (secondary N) is 2. The Kier molecular flexibility index (Phi) is 5.84. The Hall–Kier alpha value is -2.25. The standard InChI is InChI=1S/C16H20N2O5/c1-11(19)12-2-4-13(5-3-12)17-15(20)10-14(16(21)22)18-6-8-23-9-7-18/h2-5,14H,6-10H2,1H3,(H,17,20)(H,21,22)/t14-/m0/s1. The number of hydrogen-bond donors (Lipinski definition) is 2. The third kappa shape index (κ3) is 4.87. The maximum atomic E-state index is 12.1. The zero-order valence-electron chi connectivity index (χ0n) is 13.0. The molecule has 1 aromatic rings. The predicted molar refractivity (Wildman–Crippen MR) is 80.0 cm³/mol. The van der Waals surface area contributed by atoms with E-state index in [-0.39, 0.29) is 12.2 Å². The molecule has 0 spiro atoms. The summed E-state index contributed by atoms with van der Waals surface area (Å²) in [5.41, 5.74) is 1.07. The summed E-state index contributed by atoms with van der Waals surface area (Å²) < 4.78 is 5.20. The first kappa shape index (κ1) is 17.1. The molecule has 1 amide bonds. The van der Waals surface area contributed by atoms with Crippen molar-refractivity contribution in [3.05, 3.63) is 29.8 Å². The summed E-state index contributed by atoms with van der Waals surface area (Å²) in [7, 11) is 0. The van der Waals surface area contributed by atoms with Gasteiger partial charge in [-0.05, 0) is 31.2 Å². The summed E-state index contributed by atoms with van der Waals surface area (Å²) in [4.78, 5) is 35.4.